The molecule has 0 fully saturated rings. The molecule has 0 spiro atoms. The van der Waals surface area contributed by atoms with E-state index >= 15 is 0 Å². The molecule has 24 heavy (non-hydrogen) atoms. The second kappa shape index (κ2) is 12.8. The van der Waals surface area contributed by atoms with Crippen LogP contribution in [0.25, 0.3) is 0 Å². The average Bonchev–Trinajstić information content (AvgIpc) is 2.53. The highest BCUT2D eigenvalue weighted by molar-refractivity contribution is 5.75. The van der Waals surface area contributed by atoms with E-state index in [1.54, 1.807) is 20.8 Å². The monoisotopic (exact) mass is 348 g/mol. The van der Waals surface area contributed by atoms with Crippen LogP contribution in [-0.4, -0.2) is 35.2 Å². The van der Waals surface area contributed by atoms with Crippen LogP contribution in [0.2, 0.25) is 0 Å². The molecule has 1 atom stereocenters. The van der Waals surface area contributed by atoms with Crippen molar-refractivity contribution >= 4 is 17.9 Å². The molecule has 0 aliphatic rings. The lowest BCUT2D eigenvalue weighted by atomic mass is 9.91. The van der Waals surface area contributed by atoms with Crippen LogP contribution < -0.4 is 0 Å². The van der Waals surface area contributed by atoms with E-state index in [2.05, 4.69) is 4.74 Å². The summed E-state index contributed by atoms with van der Waals surface area (Å²) in [5.74, 6) is -1.74. The second-order valence-electron chi connectivity index (χ2n) is 6.92. The molecule has 0 aliphatic heterocycles. The molecular formula is C18H36O6. The smallest absolute Gasteiger partial charge is 0.311 e. The van der Waals surface area contributed by atoms with Crippen molar-refractivity contribution in [3.8, 4) is 0 Å². The highest BCUT2D eigenvalue weighted by Gasteiger charge is 2.25. The first-order valence-corrected chi connectivity index (χ1v) is 8.27. The molecule has 0 saturated carbocycles. The Labute approximate surface area is 146 Å². The standard InChI is InChI=1S/C7H14O2.C6H12O2.C5H10O2/c1-5-7(2,3)6(8)9-4;1-4-6(2,3)5(7)8;1-3-4(2)5(6)7/h5H2,1-4H3;4H2,1-3H3,(H,7,8);4H,3H2,1-2H3,(H,6,7). The Balaban J connectivity index is -0.000000278. The molecule has 144 valence electrons. The van der Waals surface area contributed by atoms with Gasteiger partial charge in [-0.05, 0) is 47.0 Å². The first-order valence-electron chi connectivity index (χ1n) is 8.27. The number of carboxylic acids is 2. The number of carbonyl (C=O) groups is 3. The molecule has 0 aliphatic carbocycles. The van der Waals surface area contributed by atoms with E-state index in [1.807, 2.05) is 34.6 Å². The van der Waals surface area contributed by atoms with Crippen LogP contribution in [0.3, 0.4) is 0 Å². The molecule has 0 amide bonds. The zero-order valence-corrected chi connectivity index (χ0v) is 16.7. The minimum Gasteiger partial charge on any atom is -0.481 e. The number of methoxy groups -OCH3 is 1. The molecule has 0 rings (SSSR count). The van der Waals surface area contributed by atoms with Crippen molar-refractivity contribution in [3.05, 3.63) is 0 Å². The predicted molar refractivity (Wildman–Crippen MR) is 94.9 cm³/mol. The van der Waals surface area contributed by atoms with E-state index in [9.17, 15) is 14.4 Å². The van der Waals surface area contributed by atoms with Crippen LogP contribution in [0, 0.1) is 16.7 Å². The van der Waals surface area contributed by atoms with Gasteiger partial charge in [-0.15, -0.1) is 0 Å². The fourth-order valence-electron chi connectivity index (χ4n) is 0.746. The zero-order valence-electron chi connectivity index (χ0n) is 16.7. The van der Waals surface area contributed by atoms with Gasteiger partial charge in [0.05, 0.1) is 23.9 Å². The van der Waals surface area contributed by atoms with E-state index in [0.717, 1.165) is 12.8 Å². The lowest BCUT2D eigenvalue weighted by Gasteiger charge is -2.17. The van der Waals surface area contributed by atoms with Gasteiger partial charge in [-0.3, -0.25) is 14.4 Å². The van der Waals surface area contributed by atoms with Crippen molar-refractivity contribution in [3.63, 3.8) is 0 Å². The summed E-state index contributed by atoms with van der Waals surface area (Å²) in [6, 6.07) is 0. The molecule has 0 aromatic rings. The molecule has 0 heterocycles. The van der Waals surface area contributed by atoms with Crippen LogP contribution in [0.1, 0.15) is 74.7 Å². The first-order chi connectivity index (χ1) is 10.7. The van der Waals surface area contributed by atoms with Crippen molar-refractivity contribution in [2.45, 2.75) is 74.7 Å². The Hall–Kier alpha value is -1.59. The minimum atomic E-state index is -0.722. The topological polar surface area (TPSA) is 101 Å². The van der Waals surface area contributed by atoms with Gasteiger partial charge < -0.3 is 14.9 Å². The van der Waals surface area contributed by atoms with Crippen molar-refractivity contribution in [1.29, 1.82) is 0 Å². The summed E-state index contributed by atoms with van der Waals surface area (Å²) in [5.41, 5.74) is -0.852. The fraction of sp³-hybridized carbons (Fsp3) is 0.833. The highest BCUT2D eigenvalue weighted by atomic mass is 16.5. The Morgan fingerprint density at radius 1 is 0.917 bits per heavy atom. The lowest BCUT2D eigenvalue weighted by Crippen LogP contribution is -2.24. The molecular weight excluding hydrogens is 312 g/mol. The molecule has 6 heteroatoms. The number of hydrogen-bond acceptors (Lipinski definition) is 4. The van der Waals surface area contributed by atoms with Crippen molar-refractivity contribution < 1.29 is 29.3 Å². The summed E-state index contributed by atoms with van der Waals surface area (Å²) in [6.45, 7) is 14.6. The van der Waals surface area contributed by atoms with Crippen molar-refractivity contribution in [2.75, 3.05) is 7.11 Å². The van der Waals surface area contributed by atoms with Gasteiger partial charge in [0.2, 0.25) is 0 Å². The third kappa shape index (κ3) is 12.9. The van der Waals surface area contributed by atoms with E-state index in [0.29, 0.717) is 6.42 Å². The van der Waals surface area contributed by atoms with Crippen molar-refractivity contribution in [2.24, 2.45) is 16.7 Å². The molecule has 2 N–H and O–H groups in total. The zero-order chi connectivity index (χ0) is 20.1. The molecule has 0 bridgehead atoms. The SMILES string of the molecule is CCC(C)(C)C(=O)O.CCC(C)(C)C(=O)OC.CCC(C)C(=O)O. The fourth-order valence-corrected chi connectivity index (χ4v) is 0.746. The second-order valence-corrected chi connectivity index (χ2v) is 6.92. The summed E-state index contributed by atoms with van der Waals surface area (Å²) in [4.78, 5) is 31.0. The first kappa shape index (κ1) is 27.3. The maximum Gasteiger partial charge on any atom is 0.311 e. The van der Waals surface area contributed by atoms with Crippen LogP contribution in [-0.2, 0) is 19.1 Å². The van der Waals surface area contributed by atoms with Crippen LogP contribution in [0.15, 0.2) is 0 Å². The highest BCUT2D eigenvalue weighted by Crippen LogP contribution is 2.20. The third-order valence-electron chi connectivity index (χ3n) is 4.12. The molecule has 0 radical (unpaired) electrons. The summed E-state index contributed by atoms with van der Waals surface area (Å²) >= 11 is 0. The Kier molecular flexibility index (Phi) is 14.5. The van der Waals surface area contributed by atoms with E-state index in [-0.39, 0.29) is 17.3 Å². The van der Waals surface area contributed by atoms with Gasteiger partial charge >= 0.3 is 17.9 Å². The maximum atomic E-state index is 10.8. The summed E-state index contributed by atoms with van der Waals surface area (Å²) in [5, 5.41) is 16.6. The average molecular weight is 348 g/mol. The molecule has 0 aromatic heterocycles. The summed E-state index contributed by atoms with van der Waals surface area (Å²) in [6.07, 6.45) is 2.22. The van der Waals surface area contributed by atoms with E-state index < -0.39 is 17.4 Å². The number of carboxylic acid groups (broad SMARTS) is 2. The Morgan fingerprint density at radius 2 is 1.29 bits per heavy atom. The molecule has 0 saturated heterocycles. The minimum absolute atomic E-state index is 0.134. The maximum absolute atomic E-state index is 10.8. The quantitative estimate of drug-likeness (QED) is 0.697. The van der Waals surface area contributed by atoms with Gasteiger partial charge in [-0.1, -0.05) is 27.7 Å². The van der Waals surface area contributed by atoms with Crippen LogP contribution in [0.4, 0.5) is 0 Å². The Morgan fingerprint density at radius 3 is 1.33 bits per heavy atom. The van der Waals surface area contributed by atoms with Gasteiger partial charge in [-0.2, -0.15) is 0 Å². The number of carbonyl (C=O) groups excluding carboxylic acids is 1. The van der Waals surface area contributed by atoms with E-state index in [4.69, 9.17) is 10.2 Å². The van der Waals surface area contributed by atoms with E-state index in [1.165, 1.54) is 7.11 Å². The van der Waals surface area contributed by atoms with Gasteiger partial charge in [-0.25, -0.2) is 0 Å². The number of aliphatic carboxylic acids is 2. The number of hydrogen-bond donors (Lipinski definition) is 2. The van der Waals surface area contributed by atoms with Crippen LogP contribution >= 0.6 is 0 Å². The number of esters is 1. The lowest BCUT2D eigenvalue weighted by molar-refractivity contribution is -0.151. The molecule has 1 unspecified atom stereocenters. The third-order valence-corrected chi connectivity index (χ3v) is 4.12. The summed E-state index contributed by atoms with van der Waals surface area (Å²) < 4.78 is 4.57. The molecule has 6 nitrogen and oxygen atoms in total. The number of ether oxygens (including phenoxy) is 1. The normalized spacial score (nSPS) is 11.9. The molecule has 0 aromatic carbocycles. The van der Waals surface area contributed by atoms with Gasteiger partial charge in [0, 0.05) is 0 Å². The largest absolute Gasteiger partial charge is 0.481 e. The summed E-state index contributed by atoms with van der Waals surface area (Å²) in [7, 11) is 1.42. The predicted octanol–water partition coefficient (Wildman–Crippen LogP) is 4.22. The van der Waals surface area contributed by atoms with Gasteiger partial charge in [0.15, 0.2) is 0 Å². The Bertz CT molecular complexity index is 385. The number of rotatable bonds is 6. The van der Waals surface area contributed by atoms with Crippen LogP contribution in [0.5, 0.6) is 0 Å². The van der Waals surface area contributed by atoms with Crippen molar-refractivity contribution in [1.82, 2.24) is 0 Å². The van der Waals surface area contributed by atoms with Gasteiger partial charge in [0.25, 0.3) is 0 Å². The van der Waals surface area contributed by atoms with Gasteiger partial charge in [0.1, 0.15) is 0 Å².